The van der Waals surface area contributed by atoms with E-state index in [0.29, 0.717) is 36.4 Å². The summed E-state index contributed by atoms with van der Waals surface area (Å²) in [5.74, 6) is -0.932. The van der Waals surface area contributed by atoms with Crippen molar-refractivity contribution in [3.8, 4) is 11.5 Å². The number of carbonyl (C=O) groups excluding carboxylic acids is 1. The third-order valence-corrected chi connectivity index (χ3v) is 7.18. The fourth-order valence-electron chi connectivity index (χ4n) is 3.48. The number of hydrogen-bond acceptors (Lipinski definition) is 5. The van der Waals surface area contributed by atoms with Crippen molar-refractivity contribution in [1.29, 1.82) is 0 Å². The summed E-state index contributed by atoms with van der Waals surface area (Å²) in [7, 11) is -3.88. The van der Waals surface area contributed by atoms with Gasteiger partial charge in [-0.2, -0.15) is 9.40 Å². The molecule has 3 aromatic rings. The number of rotatable bonds is 6. The molecule has 1 amide bonds. The van der Waals surface area contributed by atoms with Gasteiger partial charge in [-0.15, -0.1) is 0 Å². The quantitative estimate of drug-likeness (QED) is 0.580. The fourth-order valence-corrected chi connectivity index (χ4v) is 5.12. The van der Waals surface area contributed by atoms with Gasteiger partial charge in [0.05, 0.1) is 10.9 Å². The number of hydrogen-bond donors (Lipinski definition) is 2. The van der Waals surface area contributed by atoms with Gasteiger partial charge in [0.25, 0.3) is 10.0 Å². The highest BCUT2D eigenvalue weighted by Crippen LogP contribution is 2.28. The SMILES string of the molecule is O=C(NCc1ccc(F)c(Cl)c1)[C@H]1CCCN(S(=O)(=O)c2ccc(-c3ccn[nH]3)o2)C1. The van der Waals surface area contributed by atoms with Crippen molar-refractivity contribution in [3.05, 3.63) is 59.0 Å². The normalized spacial score (nSPS) is 17.5. The lowest BCUT2D eigenvalue weighted by molar-refractivity contribution is -0.126. The van der Waals surface area contributed by atoms with E-state index < -0.39 is 21.8 Å². The Kier molecular flexibility index (Phi) is 6.12. The maximum absolute atomic E-state index is 13.3. The monoisotopic (exact) mass is 466 g/mol. The van der Waals surface area contributed by atoms with E-state index in [-0.39, 0.29) is 29.1 Å². The van der Waals surface area contributed by atoms with Crippen LogP contribution >= 0.6 is 11.6 Å². The van der Waals surface area contributed by atoms with Gasteiger partial charge in [-0.3, -0.25) is 9.89 Å². The Morgan fingerprint density at radius 1 is 1.32 bits per heavy atom. The molecule has 11 heteroatoms. The summed E-state index contributed by atoms with van der Waals surface area (Å²) in [6.45, 7) is 0.534. The summed E-state index contributed by atoms with van der Waals surface area (Å²) in [6, 6.07) is 8.84. The van der Waals surface area contributed by atoms with Gasteiger partial charge < -0.3 is 9.73 Å². The first-order chi connectivity index (χ1) is 14.8. The molecule has 2 N–H and O–H groups in total. The molecular formula is C20H20ClFN4O4S. The number of H-pyrrole nitrogens is 1. The molecular weight excluding hydrogens is 447 g/mol. The molecule has 0 bridgehead atoms. The van der Waals surface area contributed by atoms with Crippen LogP contribution in [0, 0.1) is 11.7 Å². The fraction of sp³-hybridized carbons (Fsp3) is 0.300. The van der Waals surface area contributed by atoms with Gasteiger partial charge in [-0.25, -0.2) is 12.8 Å². The van der Waals surface area contributed by atoms with Crippen LogP contribution in [-0.2, 0) is 21.4 Å². The van der Waals surface area contributed by atoms with Gasteiger partial charge >= 0.3 is 0 Å². The topological polar surface area (TPSA) is 108 Å². The van der Waals surface area contributed by atoms with E-state index in [1.165, 1.54) is 28.6 Å². The second-order valence-electron chi connectivity index (χ2n) is 7.26. The summed E-state index contributed by atoms with van der Waals surface area (Å²) in [5.41, 5.74) is 1.22. The number of piperidine rings is 1. The Bertz CT molecular complexity index is 1180. The Hall–Kier alpha value is -2.69. The number of amides is 1. The molecule has 0 saturated carbocycles. The first-order valence-corrected chi connectivity index (χ1v) is 11.5. The van der Waals surface area contributed by atoms with Crippen molar-refractivity contribution >= 4 is 27.5 Å². The molecule has 0 aliphatic carbocycles. The summed E-state index contributed by atoms with van der Waals surface area (Å²) in [4.78, 5) is 12.6. The highest BCUT2D eigenvalue weighted by atomic mass is 35.5. The van der Waals surface area contributed by atoms with E-state index in [1.54, 1.807) is 18.3 Å². The molecule has 0 radical (unpaired) electrons. The standard InChI is InChI=1S/C20H20ClFN4O4S/c21-15-10-13(3-4-16(15)22)11-23-20(27)14-2-1-9-26(12-14)31(28,29)19-6-5-18(30-19)17-7-8-24-25-17/h3-8,10,14H,1-2,9,11-12H2,(H,23,27)(H,24,25)/t14-/m0/s1. The lowest BCUT2D eigenvalue weighted by atomic mass is 9.99. The van der Waals surface area contributed by atoms with Crippen LogP contribution < -0.4 is 5.32 Å². The van der Waals surface area contributed by atoms with Crippen molar-refractivity contribution < 1.29 is 22.0 Å². The number of sulfonamides is 1. The van der Waals surface area contributed by atoms with Gasteiger partial charge in [-0.05, 0) is 48.7 Å². The molecule has 3 heterocycles. The minimum absolute atomic E-state index is 0.0189. The lowest BCUT2D eigenvalue weighted by Crippen LogP contribution is -2.45. The van der Waals surface area contributed by atoms with E-state index in [4.69, 9.17) is 16.0 Å². The number of furan rings is 1. The van der Waals surface area contributed by atoms with Crippen LogP contribution in [0.15, 0.2) is 52.1 Å². The number of carbonyl (C=O) groups is 1. The number of nitrogens with zero attached hydrogens (tertiary/aromatic N) is 2. The van der Waals surface area contributed by atoms with Gasteiger partial charge in [0, 0.05) is 25.8 Å². The molecule has 1 fully saturated rings. The molecule has 2 aromatic heterocycles. The van der Waals surface area contributed by atoms with E-state index in [9.17, 15) is 17.6 Å². The van der Waals surface area contributed by atoms with Crippen molar-refractivity contribution in [2.24, 2.45) is 5.92 Å². The Balaban J connectivity index is 1.41. The smallest absolute Gasteiger partial charge is 0.276 e. The third-order valence-electron chi connectivity index (χ3n) is 5.15. The zero-order chi connectivity index (χ0) is 22.0. The average Bonchev–Trinajstić information content (AvgIpc) is 3.46. The van der Waals surface area contributed by atoms with Gasteiger partial charge in [0.1, 0.15) is 11.5 Å². The summed E-state index contributed by atoms with van der Waals surface area (Å²) in [5, 5.41) is 9.12. The minimum Gasteiger partial charge on any atom is -0.442 e. The van der Waals surface area contributed by atoms with E-state index in [2.05, 4.69) is 15.5 Å². The summed E-state index contributed by atoms with van der Waals surface area (Å²) >= 11 is 5.76. The lowest BCUT2D eigenvalue weighted by Gasteiger charge is -2.30. The van der Waals surface area contributed by atoms with Crippen LogP contribution in [0.25, 0.3) is 11.5 Å². The number of aromatic nitrogens is 2. The average molecular weight is 467 g/mol. The molecule has 1 saturated heterocycles. The Labute approximate surface area is 183 Å². The summed E-state index contributed by atoms with van der Waals surface area (Å²) < 4.78 is 46.1. The number of halogens is 2. The molecule has 1 aromatic carbocycles. The van der Waals surface area contributed by atoms with Crippen LogP contribution in [0.4, 0.5) is 4.39 Å². The zero-order valence-electron chi connectivity index (χ0n) is 16.3. The highest BCUT2D eigenvalue weighted by molar-refractivity contribution is 7.89. The first kappa shape index (κ1) is 21.5. The molecule has 1 aliphatic rings. The van der Waals surface area contributed by atoms with Crippen LogP contribution in [0.5, 0.6) is 0 Å². The molecule has 1 aliphatic heterocycles. The molecule has 1 atom stereocenters. The maximum atomic E-state index is 13.3. The molecule has 0 unspecified atom stereocenters. The highest BCUT2D eigenvalue weighted by Gasteiger charge is 2.35. The predicted molar refractivity (Wildman–Crippen MR) is 111 cm³/mol. The van der Waals surface area contributed by atoms with Gasteiger partial charge in [-0.1, -0.05) is 17.7 Å². The third kappa shape index (κ3) is 4.65. The van der Waals surface area contributed by atoms with Crippen molar-refractivity contribution in [2.75, 3.05) is 13.1 Å². The van der Waals surface area contributed by atoms with E-state index >= 15 is 0 Å². The van der Waals surface area contributed by atoms with Crippen LogP contribution in [0.1, 0.15) is 18.4 Å². The molecule has 8 nitrogen and oxygen atoms in total. The number of aromatic amines is 1. The van der Waals surface area contributed by atoms with Gasteiger partial charge in [0.15, 0.2) is 5.76 Å². The predicted octanol–water partition coefficient (Wildman–Crippen LogP) is 3.18. The maximum Gasteiger partial charge on any atom is 0.276 e. The van der Waals surface area contributed by atoms with Crippen molar-refractivity contribution in [2.45, 2.75) is 24.5 Å². The van der Waals surface area contributed by atoms with E-state index in [1.807, 2.05) is 0 Å². The zero-order valence-corrected chi connectivity index (χ0v) is 17.9. The molecule has 4 rings (SSSR count). The van der Waals surface area contributed by atoms with E-state index in [0.717, 1.165) is 0 Å². The largest absolute Gasteiger partial charge is 0.442 e. The van der Waals surface area contributed by atoms with Crippen LogP contribution in [0.2, 0.25) is 5.02 Å². The van der Waals surface area contributed by atoms with Crippen LogP contribution in [0.3, 0.4) is 0 Å². The molecule has 164 valence electrons. The Morgan fingerprint density at radius 3 is 2.90 bits per heavy atom. The number of nitrogens with one attached hydrogen (secondary N) is 2. The van der Waals surface area contributed by atoms with Crippen molar-refractivity contribution in [1.82, 2.24) is 19.8 Å². The first-order valence-electron chi connectivity index (χ1n) is 9.66. The Morgan fingerprint density at radius 2 is 2.16 bits per heavy atom. The van der Waals surface area contributed by atoms with Crippen molar-refractivity contribution in [3.63, 3.8) is 0 Å². The molecule has 31 heavy (non-hydrogen) atoms. The van der Waals surface area contributed by atoms with Crippen LogP contribution in [-0.4, -0.2) is 41.9 Å². The second-order valence-corrected chi connectivity index (χ2v) is 9.53. The molecule has 0 spiro atoms. The number of benzene rings is 1. The summed E-state index contributed by atoms with van der Waals surface area (Å²) in [6.07, 6.45) is 2.66. The minimum atomic E-state index is -3.88. The van der Waals surface area contributed by atoms with Gasteiger partial charge in [0.2, 0.25) is 11.0 Å². The second kappa shape index (κ2) is 8.81.